The molecule has 1 saturated heterocycles. The molecule has 1 amide bonds. The van der Waals surface area contributed by atoms with E-state index in [1.165, 1.54) is 0 Å². The maximum absolute atomic E-state index is 12.0. The van der Waals surface area contributed by atoms with Crippen molar-refractivity contribution in [3.05, 3.63) is 33.8 Å². The van der Waals surface area contributed by atoms with Crippen LogP contribution >= 0.6 is 23.2 Å². The molecule has 0 bridgehead atoms. The molecule has 1 aromatic rings. The molecule has 156 valence electrons. The monoisotopic (exact) mass is 448 g/mol. The summed E-state index contributed by atoms with van der Waals surface area (Å²) in [5.74, 6) is 0.522. The summed E-state index contributed by atoms with van der Waals surface area (Å²) in [5.41, 5.74) is 0.886. The Labute approximate surface area is 176 Å². The van der Waals surface area contributed by atoms with Crippen molar-refractivity contribution in [3.8, 4) is 0 Å². The summed E-state index contributed by atoms with van der Waals surface area (Å²) < 4.78 is 22.9. The van der Waals surface area contributed by atoms with E-state index in [2.05, 4.69) is 20.9 Å². The number of nitrogens with one attached hydrogen (secondary N) is 3. The number of hydrogen-bond acceptors (Lipinski definition) is 4. The Hall–Kier alpha value is -1.51. The molecule has 1 aliphatic rings. The average molecular weight is 449 g/mol. The Morgan fingerprint density at radius 2 is 2.11 bits per heavy atom. The van der Waals surface area contributed by atoms with Crippen LogP contribution in [0.5, 0.6) is 0 Å². The van der Waals surface area contributed by atoms with E-state index in [0.717, 1.165) is 5.56 Å². The third kappa shape index (κ3) is 7.14. The van der Waals surface area contributed by atoms with Gasteiger partial charge in [-0.25, -0.2) is 8.42 Å². The average Bonchev–Trinajstić information content (AvgIpc) is 2.93. The van der Waals surface area contributed by atoms with Gasteiger partial charge in [-0.05, 0) is 38.0 Å². The third-order valence-electron chi connectivity index (χ3n) is 4.33. The fourth-order valence-electron chi connectivity index (χ4n) is 2.93. The maximum atomic E-state index is 12.0. The van der Waals surface area contributed by atoms with Crippen LogP contribution in [-0.2, 0) is 14.6 Å². The normalized spacial score (nSPS) is 19.9. The van der Waals surface area contributed by atoms with Gasteiger partial charge in [-0.2, -0.15) is 0 Å². The Bertz CT molecular complexity index is 830. The first-order valence-corrected chi connectivity index (χ1v) is 11.8. The molecule has 1 aromatic carbocycles. The molecule has 7 nitrogen and oxygen atoms in total. The number of aliphatic imine (C=N–C) groups is 1. The highest BCUT2D eigenvalue weighted by Crippen LogP contribution is 2.26. The van der Waals surface area contributed by atoms with Crippen molar-refractivity contribution < 1.29 is 13.2 Å². The predicted molar refractivity (Wildman–Crippen MR) is 114 cm³/mol. The van der Waals surface area contributed by atoms with E-state index in [-0.39, 0.29) is 42.5 Å². The summed E-state index contributed by atoms with van der Waals surface area (Å²) in [5, 5.41) is 10.3. The Morgan fingerprint density at radius 1 is 1.36 bits per heavy atom. The van der Waals surface area contributed by atoms with Gasteiger partial charge in [0.15, 0.2) is 15.8 Å². The van der Waals surface area contributed by atoms with E-state index < -0.39 is 9.84 Å². The number of amides is 1. The van der Waals surface area contributed by atoms with Crippen LogP contribution in [0, 0.1) is 0 Å². The second-order valence-corrected chi connectivity index (χ2v) is 9.78. The summed E-state index contributed by atoms with van der Waals surface area (Å²) in [6.07, 6.45) is 0.657. The van der Waals surface area contributed by atoms with Gasteiger partial charge in [0.1, 0.15) is 0 Å². The van der Waals surface area contributed by atoms with Crippen molar-refractivity contribution in [3.63, 3.8) is 0 Å². The minimum atomic E-state index is -3.01. The lowest BCUT2D eigenvalue weighted by molar-refractivity contribution is -0.121. The third-order valence-corrected chi connectivity index (χ3v) is 6.66. The topological polar surface area (TPSA) is 99.7 Å². The number of nitrogens with zero attached hydrogens (tertiary/aromatic N) is 1. The zero-order valence-electron chi connectivity index (χ0n) is 16.0. The summed E-state index contributed by atoms with van der Waals surface area (Å²) in [6.45, 7) is 4.85. The fraction of sp³-hybridized carbons (Fsp3) is 0.556. The highest BCUT2D eigenvalue weighted by Gasteiger charge is 2.28. The number of carbonyl (C=O) groups is 1. The lowest BCUT2D eigenvalue weighted by Gasteiger charge is -2.19. The van der Waals surface area contributed by atoms with Crippen molar-refractivity contribution in [1.82, 2.24) is 16.0 Å². The van der Waals surface area contributed by atoms with Gasteiger partial charge < -0.3 is 16.0 Å². The number of halogens is 2. The molecule has 1 aliphatic heterocycles. The van der Waals surface area contributed by atoms with E-state index in [4.69, 9.17) is 23.2 Å². The molecule has 3 N–H and O–H groups in total. The number of guanidine groups is 1. The molecular formula is C18H26Cl2N4O3S. The molecule has 1 fully saturated rings. The lowest BCUT2D eigenvalue weighted by atomic mass is 10.1. The minimum Gasteiger partial charge on any atom is -0.357 e. The number of benzene rings is 1. The standard InChI is InChI=1S/C18H26Cl2N4O3S/c1-3-21-18(23-12(2)15-5-4-13(19)10-16(15)20)22-8-6-17(25)24-14-7-9-28(26,27)11-14/h4-5,10,12,14H,3,6-9,11H2,1-2H3,(H,24,25)(H2,21,22,23). The molecule has 2 atom stereocenters. The van der Waals surface area contributed by atoms with Crippen LogP contribution < -0.4 is 16.0 Å². The summed E-state index contributed by atoms with van der Waals surface area (Å²) in [4.78, 5) is 16.4. The molecule has 2 unspecified atom stereocenters. The summed E-state index contributed by atoms with van der Waals surface area (Å²) in [7, 11) is -3.01. The van der Waals surface area contributed by atoms with E-state index in [9.17, 15) is 13.2 Å². The van der Waals surface area contributed by atoms with E-state index >= 15 is 0 Å². The molecule has 1 heterocycles. The minimum absolute atomic E-state index is 0.0194. The first kappa shape index (κ1) is 22.8. The largest absolute Gasteiger partial charge is 0.357 e. The highest BCUT2D eigenvalue weighted by molar-refractivity contribution is 7.91. The molecule has 0 radical (unpaired) electrons. The molecule has 0 saturated carbocycles. The van der Waals surface area contributed by atoms with Crippen molar-refractivity contribution in [2.45, 2.75) is 38.8 Å². The predicted octanol–water partition coefficient (Wildman–Crippen LogP) is 2.30. The zero-order chi connectivity index (χ0) is 20.7. The number of hydrogen-bond donors (Lipinski definition) is 3. The number of rotatable bonds is 7. The molecule has 2 rings (SSSR count). The summed E-state index contributed by atoms with van der Waals surface area (Å²) in [6, 6.07) is 4.92. The summed E-state index contributed by atoms with van der Waals surface area (Å²) >= 11 is 12.2. The van der Waals surface area contributed by atoms with Crippen molar-refractivity contribution in [1.29, 1.82) is 0 Å². The highest BCUT2D eigenvalue weighted by atomic mass is 35.5. The van der Waals surface area contributed by atoms with Crippen molar-refractivity contribution in [2.75, 3.05) is 24.6 Å². The van der Waals surface area contributed by atoms with Crippen LogP contribution in [0.25, 0.3) is 0 Å². The first-order chi connectivity index (χ1) is 13.2. The number of sulfone groups is 1. The molecule has 28 heavy (non-hydrogen) atoms. The van der Waals surface area contributed by atoms with Gasteiger partial charge in [-0.15, -0.1) is 0 Å². The lowest BCUT2D eigenvalue weighted by Crippen LogP contribution is -2.39. The number of carbonyl (C=O) groups excluding carboxylic acids is 1. The van der Waals surface area contributed by atoms with Gasteiger partial charge in [-0.1, -0.05) is 29.3 Å². The Morgan fingerprint density at radius 3 is 2.71 bits per heavy atom. The zero-order valence-corrected chi connectivity index (χ0v) is 18.3. The van der Waals surface area contributed by atoms with E-state index in [1.807, 2.05) is 19.9 Å². The van der Waals surface area contributed by atoms with Crippen LogP contribution in [0.15, 0.2) is 23.2 Å². The van der Waals surface area contributed by atoms with Crippen LogP contribution in [0.1, 0.15) is 38.3 Å². The maximum Gasteiger partial charge on any atom is 0.222 e. The van der Waals surface area contributed by atoms with Crippen LogP contribution in [0.2, 0.25) is 10.0 Å². The van der Waals surface area contributed by atoms with Gasteiger partial charge in [0.2, 0.25) is 5.91 Å². The Kier molecular flexibility index (Phi) is 8.39. The second-order valence-electron chi connectivity index (χ2n) is 6.71. The molecule has 0 aromatic heterocycles. The molecule has 0 aliphatic carbocycles. The van der Waals surface area contributed by atoms with Crippen molar-refractivity contribution >= 4 is 44.9 Å². The van der Waals surface area contributed by atoms with Gasteiger partial charge in [-0.3, -0.25) is 9.79 Å². The smallest absolute Gasteiger partial charge is 0.222 e. The van der Waals surface area contributed by atoms with Gasteiger partial charge >= 0.3 is 0 Å². The second kappa shape index (κ2) is 10.3. The fourth-order valence-corrected chi connectivity index (χ4v) is 5.18. The van der Waals surface area contributed by atoms with E-state index in [1.54, 1.807) is 12.1 Å². The molecule has 0 spiro atoms. The van der Waals surface area contributed by atoms with Crippen LogP contribution in [0.3, 0.4) is 0 Å². The van der Waals surface area contributed by atoms with Gasteiger partial charge in [0.05, 0.1) is 24.1 Å². The molecular weight excluding hydrogens is 423 g/mol. The van der Waals surface area contributed by atoms with Gasteiger partial charge in [0.25, 0.3) is 0 Å². The quantitative estimate of drug-likeness (QED) is 0.438. The van der Waals surface area contributed by atoms with Gasteiger partial charge in [0, 0.05) is 29.1 Å². The van der Waals surface area contributed by atoms with Crippen LogP contribution in [0.4, 0.5) is 0 Å². The SMILES string of the molecule is CCNC(=NCCC(=O)NC1CCS(=O)(=O)C1)NC(C)c1ccc(Cl)cc1Cl. The van der Waals surface area contributed by atoms with Crippen LogP contribution in [-0.4, -0.2) is 50.9 Å². The Balaban J connectivity index is 1.88. The van der Waals surface area contributed by atoms with E-state index in [0.29, 0.717) is 29.0 Å². The first-order valence-electron chi connectivity index (χ1n) is 9.19. The molecule has 10 heteroatoms. The van der Waals surface area contributed by atoms with Crippen molar-refractivity contribution in [2.24, 2.45) is 4.99 Å².